The standard InChI is InChI=1S/C17H12F2N2O2/c1-10(22)11-2-4-12(5-3-11)16-9-20-17(23-16)21-15-8-13(18)6-7-14(15)19/h2-9H,1H3,(H,20,21). The predicted octanol–water partition coefficient (Wildman–Crippen LogP) is 4.57. The molecule has 0 bridgehead atoms. The molecule has 1 N–H and O–H groups in total. The van der Waals surface area contributed by atoms with Crippen LogP contribution < -0.4 is 5.32 Å². The van der Waals surface area contributed by atoms with Crippen molar-refractivity contribution in [1.82, 2.24) is 4.98 Å². The molecule has 0 atom stereocenters. The van der Waals surface area contributed by atoms with E-state index in [1.54, 1.807) is 24.3 Å². The highest BCUT2D eigenvalue weighted by molar-refractivity contribution is 5.94. The number of benzene rings is 2. The normalized spacial score (nSPS) is 10.6. The highest BCUT2D eigenvalue weighted by atomic mass is 19.1. The van der Waals surface area contributed by atoms with Crippen molar-refractivity contribution in [1.29, 1.82) is 0 Å². The van der Waals surface area contributed by atoms with Crippen LogP contribution in [0, 0.1) is 11.6 Å². The van der Waals surface area contributed by atoms with Gasteiger partial charge in [0.05, 0.1) is 11.9 Å². The first-order valence-electron chi connectivity index (χ1n) is 6.82. The molecule has 0 amide bonds. The third-order valence-electron chi connectivity index (χ3n) is 3.25. The van der Waals surface area contributed by atoms with Gasteiger partial charge in [-0.2, -0.15) is 0 Å². The van der Waals surface area contributed by atoms with Crippen molar-refractivity contribution in [2.75, 3.05) is 5.32 Å². The predicted molar refractivity (Wildman–Crippen MR) is 81.6 cm³/mol. The number of carbonyl (C=O) groups excluding carboxylic acids is 1. The first kappa shape index (κ1) is 14.9. The second-order valence-electron chi connectivity index (χ2n) is 4.91. The van der Waals surface area contributed by atoms with E-state index in [2.05, 4.69) is 10.3 Å². The number of oxazole rings is 1. The van der Waals surface area contributed by atoms with Gasteiger partial charge in [0.2, 0.25) is 0 Å². The Bertz CT molecular complexity index is 857. The summed E-state index contributed by atoms with van der Waals surface area (Å²) >= 11 is 0. The summed E-state index contributed by atoms with van der Waals surface area (Å²) in [5, 5.41) is 2.59. The molecule has 4 nitrogen and oxygen atoms in total. The Morgan fingerprint density at radius 1 is 1.13 bits per heavy atom. The van der Waals surface area contributed by atoms with E-state index in [1.807, 2.05) is 0 Å². The summed E-state index contributed by atoms with van der Waals surface area (Å²) in [6, 6.07) is 9.91. The van der Waals surface area contributed by atoms with E-state index in [9.17, 15) is 13.6 Å². The molecular weight excluding hydrogens is 302 g/mol. The minimum atomic E-state index is -0.614. The Hall–Kier alpha value is -3.02. The quantitative estimate of drug-likeness (QED) is 0.717. The minimum absolute atomic E-state index is 0.0296. The largest absolute Gasteiger partial charge is 0.423 e. The van der Waals surface area contributed by atoms with Crippen LogP contribution in [0.15, 0.2) is 53.1 Å². The highest BCUT2D eigenvalue weighted by Crippen LogP contribution is 2.26. The van der Waals surface area contributed by atoms with Gasteiger partial charge in [0.1, 0.15) is 11.6 Å². The van der Waals surface area contributed by atoms with Gasteiger partial charge < -0.3 is 9.73 Å². The van der Waals surface area contributed by atoms with Crippen LogP contribution in [0.2, 0.25) is 0 Å². The highest BCUT2D eigenvalue weighted by Gasteiger charge is 2.10. The monoisotopic (exact) mass is 314 g/mol. The van der Waals surface area contributed by atoms with Gasteiger partial charge in [0, 0.05) is 17.2 Å². The van der Waals surface area contributed by atoms with Crippen molar-refractivity contribution < 1.29 is 18.0 Å². The van der Waals surface area contributed by atoms with Crippen molar-refractivity contribution in [3.63, 3.8) is 0 Å². The molecule has 23 heavy (non-hydrogen) atoms. The average Bonchev–Trinajstić information content (AvgIpc) is 2.99. The Morgan fingerprint density at radius 3 is 2.57 bits per heavy atom. The lowest BCUT2D eigenvalue weighted by Crippen LogP contribution is -1.94. The van der Waals surface area contributed by atoms with E-state index in [-0.39, 0.29) is 17.5 Å². The summed E-state index contributed by atoms with van der Waals surface area (Å²) < 4.78 is 32.2. The van der Waals surface area contributed by atoms with E-state index in [0.29, 0.717) is 11.3 Å². The molecule has 0 saturated heterocycles. The van der Waals surface area contributed by atoms with E-state index in [1.165, 1.54) is 13.1 Å². The number of anilines is 2. The Morgan fingerprint density at radius 2 is 1.87 bits per heavy atom. The first-order valence-corrected chi connectivity index (χ1v) is 6.82. The molecule has 0 aliphatic heterocycles. The summed E-state index contributed by atoms with van der Waals surface area (Å²) in [6.07, 6.45) is 1.46. The maximum atomic E-state index is 13.6. The molecule has 0 fully saturated rings. The van der Waals surface area contributed by atoms with Crippen LogP contribution in [-0.4, -0.2) is 10.8 Å². The van der Waals surface area contributed by atoms with Gasteiger partial charge in [0.15, 0.2) is 11.5 Å². The number of carbonyl (C=O) groups is 1. The van der Waals surface area contributed by atoms with Gasteiger partial charge in [-0.3, -0.25) is 4.79 Å². The lowest BCUT2D eigenvalue weighted by Gasteiger charge is -2.03. The van der Waals surface area contributed by atoms with Crippen LogP contribution in [0.5, 0.6) is 0 Å². The van der Waals surface area contributed by atoms with E-state index in [0.717, 1.165) is 23.8 Å². The third kappa shape index (κ3) is 3.26. The molecule has 1 aromatic heterocycles. The molecule has 0 aliphatic rings. The zero-order chi connectivity index (χ0) is 16.4. The summed E-state index contributed by atoms with van der Waals surface area (Å²) in [5.74, 6) is -0.769. The number of hydrogen-bond donors (Lipinski definition) is 1. The summed E-state index contributed by atoms with van der Waals surface area (Å²) in [7, 11) is 0. The molecule has 3 rings (SSSR count). The summed E-state index contributed by atoms with van der Waals surface area (Å²) in [4.78, 5) is 15.2. The van der Waals surface area contributed by atoms with Gasteiger partial charge in [-0.05, 0) is 19.1 Å². The number of ketones is 1. The fourth-order valence-corrected chi connectivity index (χ4v) is 2.04. The van der Waals surface area contributed by atoms with Gasteiger partial charge >= 0.3 is 0 Å². The van der Waals surface area contributed by atoms with Gasteiger partial charge in [-0.15, -0.1) is 0 Å². The second kappa shape index (κ2) is 6.00. The van der Waals surface area contributed by atoms with Crippen LogP contribution in [0.4, 0.5) is 20.5 Å². The maximum Gasteiger partial charge on any atom is 0.299 e. The Kier molecular flexibility index (Phi) is 3.89. The number of aromatic nitrogens is 1. The van der Waals surface area contributed by atoms with Crippen LogP contribution in [0.25, 0.3) is 11.3 Å². The van der Waals surface area contributed by atoms with Gasteiger partial charge in [0.25, 0.3) is 6.01 Å². The Balaban J connectivity index is 1.82. The molecule has 0 spiro atoms. The molecule has 0 saturated carbocycles. The summed E-state index contributed by atoms with van der Waals surface area (Å²) in [6.45, 7) is 1.49. The fourth-order valence-electron chi connectivity index (χ4n) is 2.04. The van der Waals surface area contributed by atoms with E-state index in [4.69, 9.17) is 4.42 Å². The second-order valence-corrected chi connectivity index (χ2v) is 4.91. The maximum absolute atomic E-state index is 13.6. The van der Waals surface area contributed by atoms with Crippen molar-refractivity contribution in [2.45, 2.75) is 6.92 Å². The van der Waals surface area contributed by atoms with Crippen LogP contribution in [0.1, 0.15) is 17.3 Å². The molecule has 0 aliphatic carbocycles. The number of halogens is 2. The molecule has 3 aromatic rings. The molecular formula is C17H12F2N2O2. The number of hydrogen-bond acceptors (Lipinski definition) is 4. The molecule has 2 aromatic carbocycles. The van der Waals surface area contributed by atoms with Crippen LogP contribution >= 0.6 is 0 Å². The topological polar surface area (TPSA) is 55.1 Å². The van der Waals surface area contributed by atoms with Gasteiger partial charge in [-0.25, -0.2) is 13.8 Å². The van der Waals surface area contributed by atoms with Gasteiger partial charge in [-0.1, -0.05) is 24.3 Å². The Labute approximate surface area is 130 Å². The number of rotatable bonds is 4. The van der Waals surface area contributed by atoms with E-state index < -0.39 is 11.6 Å². The fraction of sp³-hybridized carbons (Fsp3) is 0.0588. The number of nitrogens with one attached hydrogen (secondary N) is 1. The smallest absolute Gasteiger partial charge is 0.299 e. The minimum Gasteiger partial charge on any atom is -0.423 e. The van der Waals surface area contributed by atoms with Crippen LogP contribution in [0.3, 0.4) is 0 Å². The molecule has 6 heteroatoms. The zero-order valence-corrected chi connectivity index (χ0v) is 12.1. The lowest BCUT2D eigenvalue weighted by molar-refractivity contribution is 0.101. The number of Topliss-reactive ketones (excluding diaryl/α,β-unsaturated/α-hetero) is 1. The first-order chi connectivity index (χ1) is 11.0. The zero-order valence-electron chi connectivity index (χ0n) is 12.1. The molecule has 0 radical (unpaired) electrons. The van der Waals surface area contributed by atoms with Crippen molar-refractivity contribution in [3.05, 3.63) is 65.9 Å². The van der Waals surface area contributed by atoms with Crippen molar-refractivity contribution in [3.8, 4) is 11.3 Å². The van der Waals surface area contributed by atoms with E-state index >= 15 is 0 Å². The van der Waals surface area contributed by atoms with Crippen molar-refractivity contribution >= 4 is 17.5 Å². The third-order valence-corrected chi connectivity index (χ3v) is 3.25. The van der Waals surface area contributed by atoms with Crippen molar-refractivity contribution in [2.24, 2.45) is 0 Å². The lowest BCUT2D eigenvalue weighted by atomic mass is 10.1. The number of nitrogens with zero attached hydrogens (tertiary/aromatic N) is 1. The summed E-state index contributed by atoms with van der Waals surface area (Å²) in [5.41, 5.74) is 1.24. The SMILES string of the molecule is CC(=O)c1ccc(-c2cnc(Nc3cc(F)ccc3F)o2)cc1. The molecule has 1 heterocycles. The van der Waals surface area contributed by atoms with Crippen LogP contribution in [-0.2, 0) is 0 Å². The molecule has 116 valence electrons. The molecule has 0 unspecified atom stereocenters. The average molecular weight is 314 g/mol.